The Kier molecular flexibility index (Phi) is 8.76. The third-order valence-electron chi connectivity index (χ3n) is 6.95. The van der Waals surface area contributed by atoms with Gasteiger partial charge in [0.1, 0.15) is 12.1 Å². The molecule has 0 aromatic heterocycles. The summed E-state index contributed by atoms with van der Waals surface area (Å²) in [6.45, 7) is 4.59. The van der Waals surface area contributed by atoms with Crippen molar-refractivity contribution in [3.05, 3.63) is 29.3 Å². The van der Waals surface area contributed by atoms with E-state index in [1.807, 2.05) is 13.0 Å². The normalized spacial score (nSPS) is 23.3. The van der Waals surface area contributed by atoms with Gasteiger partial charge in [-0.3, -0.25) is 9.79 Å². The summed E-state index contributed by atoms with van der Waals surface area (Å²) in [6.07, 6.45) is 3.84. The van der Waals surface area contributed by atoms with Crippen molar-refractivity contribution in [1.29, 1.82) is 0 Å². The molecule has 1 aromatic carbocycles. The molecule has 6 N–H and O–H groups in total. The van der Waals surface area contributed by atoms with E-state index in [2.05, 4.69) is 16.6 Å². The summed E-state index contributed by atoms with van der Waals surface area (Å²) in [5.41, 5.74) is 12.6. The number of carbonyl (C=O) groups is 2. The van der Waals surface area contributed by atoms with Gasteiger partial charge in [0, 0.05) is 13.1 Å². The minimum Gasteiger partial charge on any atom is -0.480 e. The van der Waals surface area contributed by atoms with Gasteiger partial charge in [-0.1, -0.05) is 26.0 Å². The number of amides is 1. The Balaban J connectivity index is 1.88. The van der Waals surface area contributed by atoms with E-state index in [0.717, 1.165) is 24.0 Å². The molecule has 1 heterocycles. The second-order valence-corrected chi connectivity index (χ2v) is 11.6. The lowest BCUT2D eigenvalue weighted by atomic mass is 9.85. The van der Waals surface area contributed by atoms with Crippen molar-refractivity contribution in [2.24, 2.45) is 28.3 Å². The summed E-state index contributed by atoms with van der Waals surface area (Å²) in [5, 5.41) is 9.72. The highest BCUT2D eigenvalue weighted by atomic mass is 32.2. The number of guanidine groups is 1. The largest absolute Gasteiger partial charge is 0.480 e. The topological polar surface area (TPSA) is 168 Å². The van der Waals surface area contributed by atoms with Crippen LogP contribution in [-0.4, -0.2) is 61.4 Å². The summed E-state index contributed by atoms with van der Waals surface area (Å²) in [5.74, 6) is -1.06. The lowest BCUT2D eigenvalue weighted by Crippen LogP contribution is -2.56. The van der Waals surface area contributed by atoms with Crippen molar-refractivity contribution in [1.82, 2.24) is 9.62 Å². The van der Waals surface area contributed by atoms with Gasteiger partial charge in [-0.05, 0) is 74.0 Å². The monoisotopic (exact) mass is 507 g/mol. The molecule has 35 heavy (non-hydrogen) atoms. The molecule has 1 aliphatic carbocycles. The first-order valence-corrected chi connectivity index (χ1v) is 13.7. The highest BCUT2D eigenvalue weighted by Gasteiger charge is 2.39. The molecule has 1 fully saturated rings. The molecule has 0 spiro atoms. The molecule has 3 rings (SSSR count). The molecule has 1 aromatic rings. The van der Waals surface area contributed by atoms with Crippen LogP contribution in [0, 0.1) is 11.8 Å². The lowest BCUT2D eigenvalue weighted by molar-refractivity contribution is -0.153. The van der Waals surface area contributed by atoms with Crippen LogP contribution in [0.1, 0.15) is 57.1 Å². The third kappa shape index (κ3) is 6.72. The van der Waals surface area contributed by atoms with Crippen LogP contribution in [0.4, 0.5) is 0 Å². The fraction of sp³-hybridized carbons (Fsp3) is 0.625. The minimum absolute atomic E-state index is 0.0884. The fourth-order valence-corrected chi connectivity index (χ4v) is 6.57. The van der Waals surface area contributed by atoms with Gasteiger partial charge in [-0.15, -0.1) is 0 Å². The zero-order valence-corrected chi connectivity index (χ0v) is 21.3. The molecular weight excluding hydrogens is 470 g/mol. The van der Waals surface area contributed by atoms with Crippen molar-refractivity contribution in [3.8, 4) is 0 Å². The van der Waals surface area contributed by atoms with E-state index in [9.17, 15) is 23.1 Å². The van der Waals surface area contributed by atoms with Crippen molar-refractivity contribution in [3.63, 3.8) is 0 Å². The smallest absolute Gasteiger partial charge is 0.326 e. The first-order chi connectivity index (χ1) is 16.5. The van der Waals surface area contributed by atoms with Crippen LogP contribution in [0.15, 0.2) is 28.1 Å². The number of carboxylic acids is 1. The number of piperidine rings is 1. The maximum atomic E-state index is 13.5. The Morgan fingerprint density at radius 3 is 2.66 bits per heavy atom. The summed E-state index contributed by atoms with van der Waals surface area (Å²) >= 11 is 0. The van der Waals surface area contributed by atoms with Crippen LogP contribution in [0.5, 0.6) is 0 Å². The predicted octanol–water partition coefficient (Wildman–Crippen LogP) is 1.22. The van der Waals surface area contributed by atoms with E-state index >= 15 is 0 Å². The molecular formula is C24H37N5O5S. The molecule has 11 heteroatoms. The maximum Gasteiger partial charge on any atom is 0.326 e. The van der Waals surface area contributed by atoms with Crippen molar-refractivity contribution < 1.29 is 23.1 Å². The molecule has 0 unspecified atom stereocenters. The van der Waals surface area contributed by atoms with Crippen molar-refractivity contribution in [2.45, 2.75) is 75.8 Å². The number of benzene rings is 1. The molecule has 0 saturated carbocycles. The first-order valence-electron chi connectivity index (χ1n) is 12.2. The molecule has 0 radical (unpaired) electrons. The fourth-order valence-electron chi connectivity index (χ4n) is 5.03. The van der Waals surface area contributed by atoms with Crippen molar-refractivity contribution in [2.75, 3.05) is 13.1 Å². The van der Waals surface area contributed by atoms with E-state index in [0.29, 0.717) is 31.6 Å². The van der Waals surface area contributed by atoms with Gasteiger partial charge in [0.15, 0.2) is 5.96 Å². The summed E-state index contributed by atoms with van der Waals surface area (Å²) in [7, 11) is -4.03. The molecule has 1 saturated heterocycles. The predicted molar refractivity (Wildman–Crippen MR) is 133 cm³/mol. The Hall–Kier alpha value is -2.66. The van der Waals surface area contributed by atoms with Crippen LogP contribution in [0.2, 0.25) is 0 Å². The quantitative estimate of drug-likeness (QED) is 0.221. The molecule has 1 amide bonds. The number of aliphatic carboxylic acids is 1. The number of fused-ring (bicyclic) bond motifs is 1. The first kappa shape index (κ1) is 26.9. The summed E-state index contributed by atoms with van der Waals surface area (Å²) in [4.78, 5) is 30.8. The van der Waals surface area contributed by atoms with Crippen LogP contribution in [0.3, 0.4) is 0 Å². The number of nitrogens with zero attached hydrogens (tertiary/aromatic N) is 2. The van der Waals surface area contributed by atoms with Gasteiger partial charge >= 0.3 is 5.97 Å². The zero-order chi connectivity index (χ0) is 25.8. The van der Waals surface area contributed by atoms with E-state index in [-0.39, 0.29) is 36.3 Å². The number of nitrogens with two attached hydrogens (primary N) is 2. The standard InChI is InChI=1S/C24H37N5O5S/c1-15-8-9-18-17(13-15)5-3-7-21(18)35(33,34)28-19(6-4-11-27-24(25)26)22(30)29-12-10-16(2)14-20(29)23(31)32/h3,5,7,15-16,19-20,28H,4,6,8-14H2,1-2H3,(H,31,32)(H4,25,26,27)/t15-,16-,19+,20-/m1/s1. The van der Waals surface area contributed by atoms with E-state index in [1.54, 1.807) is 12.1 Å². The van der Waals surface area contributed by atoms with Crippen LogP contribution in [-0.2, 0) is 32.5 Å². The molecule has 194 valence electrons. The Morgan fingerprint density at radius 2 is 1.97 bits per heavy atom. The van der Waals surface area contributed by atoms with Gasteiger partial charge in [0.2, 0.25) is 15.9 Å². The number of likely N-dealkylation sites (tertiary alicyclic amines) is 1. The van der Waals surface area contributed by atoms with Crippen LogP contribution < -0.4 is 16.2 Å². The van der Waals surface area contributed by atoms with Gasteiger partial charge in [-0.25, -0.2) is 13.2 Å². The second kappa shape index (κ2) is 11.4. The molecule has 1 aliphatic heterocycles. The van der Waals surface area contributed by atoms with Crippen LogP contribution in [0.25, 0.3) is 0 Å². The average Bonchev–Trinajstić information content (AvgIpc) is 2.79. The number of nitrogens with one attached hydrogen (secondary N) is 1. The average molecular weight is 508 g/mol. The van der Waals surface area contributed by atoms with Gasteiger partial charge < -0.3 is 21.5 Å². The number of hydrogen-bond donors (Lipinski definition) is 4. The Morgan fingerprint density at radius 1 is 1.23 bits per heavy atom. The molecule has 10 nitrogen and oxygen atoms in total. The zero-order valence-electron chi connectivity index (χ0n) is 20.4. The highest BCUT2D eigenvalue weighted by molar-refractivity contribution is 7.89. The Bertz CT molecular complexity index is 1070. The number of sulfonamides is 1. The third-order valence-corrected chi connectivity index (χ3v) is 8.51. The van der Waals surface area contributed by atoms with Gasteiger partial charge in [0.05, 0.1) is 4.90 Å². The Labute approximate surface area is 207 Å². The van der Waals surface area contributed by atoms with Crippen molar-refractivity contribution >= 4 is 27.9 Å². The van der Waals surface area contributed by atoms with E-state index in [1.165, 1.54) is 4.90 Å². The molecule has 0 bridgehead atoms. The number of hydrogen-bond acceptors (Lipinski definition) is 5. The maximum absolute atomic E-state index is 13.5. The second-order valence-electron chi connectivity index (χ2n) is 9.88. The number of aliphatic imine (C=N–C) groups is 1. The lowest BCUT2D eigenvalue weighted by Gasteiger charge is -2.38. The summed E-state index contributed by atoms with van der Waals surface area (Å²) < 4.78 is 29.7. The number of rotatable bonds is 9. The summed E-state index contributed by atoms with van der Waals surface area (Å²) in [6, 6.07) is 3.15. The highest BCUT2D eigenvalue weighted by Crippen LogP contribution is 2.31. The van der Waals surface area contributed by atoms with Gasteiger partial charge in [0.25, 0.3) is 0 Å². The molecule has 2 aliphatic rings. The minimum atomic E-state index is -4.03. The molecule has 4 atom stereocenters. The van der Waals surface area contributed by atoms with Crippen LogP contribution >= 0.6 is 0 Å². The van der Waals surface area contributed by atoms with E-state index in [4.69, 9.17) is 11.5 Å². The van der Waals surface area contributed by atoms with E-state index < -0.39 is 34.0 Å². The number of carboxylic acid groups (broad SMARTS) is 1. The van der Waals surface area contributed by atoms with Gasteiger partial charge in [-0.2, -0.15) is 4.72 Å². The number of carbonyl (C=O) groups excluding carboxylic acids is 1. The SMILES string of the molecule is C[C@@H]1CCc2c(cccc2S(=O)(=O)N[C@@H](CCCN=C(N)N)C(=O)N2CC[C@@H](C)C[C@@H]2C(=O)O)C1.